The molecule has 2 atom stereocenters. The van der Waals surface area contributed by atoms with Gasteiger partial charge in [-0.15, -0.1) is 12.4 Å². The van der Waals surface area contributed by atoms with E-state index in [4.69, 9.17) is 4.74 Å². The van der Waals surface area contributed by atoms with E-state index in [1.807, 2.05) is 6.92 Å². The van der Waals surface area contributed by atoms with Crippen LogP contribution in [0.5, 0.6) is 0 Å². The number of carbonyl (C=O) groups excluding carboxylic acids is 1. The molecule has 1 saturated carbocycles. The van der Waals surface area contributed by atoms with E-state index in [-0.39, 0.29) is 36.0 Å². The lowest BCUT2D eigenvalue weighted by molar-refractivity contribution is -0.129. The highest BCUT2D eigenvalue weighted by atomic mass is 35.5. The van der Waals surface area contributed by atoms with Gasteiger partial charge in [0.05, 0.1) is 12.7 Å². The number of hydrogen-bond donors (Lipinski definition) is 2. The fourth-order valence-corrected chi connectivity index (χ4v) is 3.38. The molecule has 1 saturated heterocycles. The van der Waals surface area contributed by atoms with Crippen molar-refractivity contribution in [1.29, 1.82) is 0 Å². The van der Waals surface area contributed by atoms with E-state index in [1.165, 1.54) is 32.1 Å². The van der Waals surface area contributed by atoms with E-state index in [2.05, 4.69) is 29.6 Å². The Bertz CT molecular complexity index is 333. The summed E-state index contributed by atoms with van der Waals surface area (Å²) in [6, 6.07) is -0.216. The Morgan fingerprint density at radius 1 is 1.33 bits per heavy atom. The molecule has 1 amide bonds. The maximum absolute atomic E-state index is 12.3. The number of hydrogen-bond acceptors (Lipinski definition) is 4. The third-order valence-corrected chi connectivity index (χ3v) is 4.92. The maximum Gasteiger partial charge on any atom is 0.239 e. The fraction of sp³-hybridized carbons (Fsp3) is 0.933. The van der Waals surface area contributed by atoms with Crippen LogP contribution < -0.4 is 10.6 Å². The van der Waals surface area contributed by atoms with Gasteiger partial charge in [-0.2, -0.15) is 0 Å². The lowest BCUT2D eigenvalue weighted by atomic mass is 9.80. The van der Waals surface area contributed by atoms with Crippen molar-refractivity contribution in [3.63, 3.8) is 0 Å². The van der Waals surface area contributed by atoms with Gasteiger partial charge in [0, 0.05) is 18.6 Å². The second-order valence-electron chi connectivity index (χ2n) is 6.40. The molecular formula is C15H30ClN3O2. The van der Waals surface area contributed by atoms with E-state index in [1.54, 1.807) is 0 Å². The van der Waals surface area contributed by atoms with E-state index in [9.17, 15) is 4.79 Å². The second kappa shape index (κ2) is 8.32. The summed E-state index contributed by atoms with van der Waals surface area (Å²) in [5.41, 5.74) is 0.132. The summed E-state index contributed by atoms with van der Waals surface area (Å²) in [5, 5.41) is 6.40. The number of likely N-dealkylation sites (N-methyl/N-ethyl adjacent to an activating group) is 1. The number of nitrogens with zero attached hydrogens (tertiary/aromatic N) is 1. The Hall–Kier alpha value is -0.360. The van der Waals surface area contributed by atoms with Crippen molar-refractivity contribution < 1.29 is 9.53 Å². The van der Waals surface area contributed by atoms with E-state index in [0.29, 0.717) is 6.61 Å². The Morgan fingerprint density at radius 3 is 2.57 bits per heavy atom. The summed E-state index contributed by atoms with van der Waals surface area (Å²) in [7, 11) is 4.25. The summed E-state index contributed by atoms with van der Waals surface area (Å²) < 4.78 is 5.54. The fourth-order valence-electron chi connectivity index (χ4n) is 3.38. The molecule has 0 unspecified atom stereocenters. The molecular weight excluding hydrogens is 290 g/mol. The molecule has 0 aromatic carbocycles. The highest BCUT2D eigenvalue weighted by Gasteiger charge is 2.36. The molecule has 2 N–H and O–H groups in total. The summed E-state index contributed by atoms with van der Waals surface area (Å²) in [6.07, 6.45) is 6.13. The van der Waals surface area contributed by atoms with Gasteiger partial charge in [-0.1, -0.05) is 19.3 Å². The smallest absolute Gasteiger partial charge is 0.239 e. The zero-order chi connectivity index (χ0) is 14.6. The summed E-state index contributed by atoms with van der Waals surface area (Å²) >= 11 is 0. The highest BCUT2D eigenvalue weighted by Crippen LogP contribution is 2.31. The summed E-state index contributed by atoms with van der Waals surface area (Å²) in [6.45, 7) is 4.14. The molecule has 2 aliphatic rings. The molecule has 1 aliphatic heterocycles. The average molecular weight is 320 g/mol. The van der Waals surface area contributed by atoms with Crippen LogP contribution in [0.3, 0.4) is 0 Å². The van der Waals surface area contributed by atoms with Gasteiger partial charge < -0.3 is 20.3 Å². The minimum atomic E-state index is -0.216. The summed E-state index contributed by atoms with van der Waals surface area (Å²) in [4.78, 5) is 14.6. The first-order valence-corrected chi connectivity index (χ1v) is 7.85. The first kappa shape index (κ1) is 18.7. The first-order chi connectivity index (χ1) is 9.55. The number of halogens is 1. The van der Waals surface area contributed by atoms with Crippen LogP contribution in [0, 0.1) is 0 Å². The zero-order valence-corrected chi connectivity index (χ0v) is 14.3. The van der Waals surface area contributed by atoms with Gasteiger partial charge in [0.2, 0.25) is 5.91 Å². The quantitative estimate of drug-likeness (QED) is 0.816. The van der Waals surface area contributed by atoms with Crippen LogP contribution in [0.1, 0.15) is 39.0 Å². The number of carbonyl (C=O) groups is 1. The van der Waals surface area contributed by atoms with Crippen LogP contribution in [0.4, 0.5) is 0 Å². The second-order valence-corrected chi connectivity index (χ2v) is 6.40. The van der Waals surface area contributed by atoms with Crippen molar-refractivity contribution in [2.24, 2.45) is 0 Å². The van der Waals surface area contributed by atoms with Crippen LogP contribution in [0.2, 0.25) is 0 Å². The molecule has 2 fully saturated rings. The van der Waals surface area contributed by atoms with Crippen LogP contribution in [-0.4, -0.2) is 62.3 Å². The van der Waals surface area contributed by atoms with Crippen molar-refractivity contribution in [3.05, 3.63) is 0 Å². The average Bonchev–Trinajstić information content (AvgIpc) is 2.46. The lowest BCUT2D eigenvalue weighted by Gasteiger charge is -2.43. The Kier molecular flexibility index (Phi) is 7.40. The number of morpholine rings is 1. The number of nitrogens with one attached hydrogen (secondary N) is 2. The molecule has 124 valence electrons. The van der Waals surface area contributed by atoms with E-state index < -0.39 is 0 Å². The predicted octanol–water partition coefficient (Wildman–Crippen LogP) is 1.17. The monoisotopic (exact) mass is 319 g/mol. The lowest BCUT2D eigenvalue weighted by Crippen LogP contribution is -2.59. The molecule has 21 heavy (non-hydrogen) atoms. The molecule has 6 heteroatoms. The van der Waals surface area contributed by atoms with Crippen molar-refractivity contribution in [2.45, 2.75) is 56.7 Å². The van der Waals surface area contributed by atoms with Crippen LogP contribution in [-0.2, 0) is 9.53 Å². The Balaban J connectivity index is 0.00000220. The molecule has 5 nitrogen and oxygen atoms in total. The molecule has 0 spiro atoms. The van der Waals surface area contributed by atoms with E-state index in [0.717, 1.165) is 13.1 Å². The topological polar surface area (TPSA) is 53.6 Å². The van der Waals surface area contributed by atoms with Gasteiger partial charge in [-0.3, -0.25) is 4.79 Å². The molecule has 1 heterocycles. The molecule has 0 aromatic rings. The number of rotatable bonds is 4. The van der Waals surface area contributed by atoms with Gasteiger partial charge in [-0.25, -0.2) is 0 Å². The number of amides is 1. The van der Waals surface area contributed by atoms with Gasteiger partial charge in [0.15, 0.2) is 0 Å². The SMILES string of the molecule is C[C@H]1OCCN[C@@H]1C(=O)NCC1(N(C)C)CCCCC1.Cl. The third-order valence-electron chi connectivity index (χ3n) is 4.92. The highest BCUT2D eigenvalue weighted by molar-refractivity contribution is 5.85. The van der Waals surface area contributed by atoms with E-state index >= 15 is 0 Å². The minimum absolute atomic E-state index is 0. The largest absolute Gasteiger partial charge is 0.375 e. The van der Waals surface area contributed by atoms with Crippen LogP contribution >= 0.6 is 12.4 Å². The molecule has 2 rings (SSSR count). The Morgan fingerprint density at radius 2 is 2.00 bits per heavy atom. The maximum atomic E-state index is 12.3. The first-order valence-electron chi connectivity index (χ1n) is 7.85. The Labute approximate surface area is 134 Å². The molecule has 1 aliphatic carbocycles. The van der Waals surface area contributed by atoms with Gasteiger partial charge >= 0.3 is 0 Å². The van der Waals surface area contributed by atoms with Gasteiger partial charge in [0.1, 0.15) is 6.04 Å². The molecule has 0 bridgehead atoms. The molecule has 0 radical (unpaired) electrons. The third kappa shape index (κ3) is 4.55. The van der Waals surface area contributed by atoms with Crippen molar-refractivity contribution in [3.8, 4) is 0 Å². The van der Waals surface area contributed by atoms with Gasteiger partial charge in [-0.05, 0) is 33.9 Å². The van der Waals surface area contributed by atoms with Crippen molar-refractivity contribution >= 4 is 18.3 Å². The predicted molar refractivity (Wildman–Crippen MR) is 87.0 cm³/mol. The normalized spacial score (nSPS) is 28.8. The van der Waals surface area contributed by atoms with Crippen molar-refractivity contribution in [2.75, 3.05) is 33.8 Å². The molecule has 0 aromatic heterocycles. The minimum Gasteiger partial charge on any atom is -0.375 e. The standard InChI is InChI=1S/C15H29N3O2.ClH/c1-12-13(16-9-10-20-12)14(19)17-11-15(18(2)3)7-5-4-6-8-15;/h12-13,16H,4-11H2,1-3H3,(H,17,19);1H/t12-,13+;/m1./s1. The zero-order valence-electron chi connectivity index (χ0n) is 13.5. The number of ether oxygens (including phenoxy) is 1. The van der Waals surface area contributed by atoms with Gasteiger partial charge in [0.25, 0.3) is 0 Å². The van der Waals surface area contributed by atoms with Crippen LogP contribution in [0.15, 0.2) is 0 Å². The van der Waals surface area contributed by atoms with Crippen molar-refractivity contribution in [1.82, 2.24) is 15.5 Å². The van der Waals surface area contributed by atoms with Crippen LogP contribution in [0.25, 0.3) is 0 Å². The summed E-state index contributed by atoms with van der Waals surface area (Å²) in [5.74, 6) is 0.0731.